The van der Waals surface area contributed by atoms with Crippen LogP contribution < -0.4 is 15.9 Å². The second-order valence-electron chi connectivity index (χ2n) is 13.5. The molecule has 3 aliphatic heterocycles. The standard InChI is InChI=1S/C31H33ClF5N5O3S/c1-15-9-40(10-16(2)42(15)28(44)45-29(3,4)5)26-18-6-19(31(35,36)37)23(17-7-20(32)22(34)8-21(17)33)25-24(18)41(27(43)39-26)13-30(14-46-25)11-38-12-30/h6-8,15-16,38H,9-14H2,1-5H3. The molecule has 6 rings (SSSR count). The summed E-state index contributed by atoms with van der Waals surface area (Å²) >= 11 is 7.08. The Labute approximate surface area is 271 Å². The number of amides is 1. The normalized spacial score (nSPS) is 21.4. The van der Waals surface area contributed by atoms with Crippen molar-refractivity contribution in [2.24, 2.45) is 5.41 Å². The van der Waals surface area contributed by atoms with Crippen molar-refractivity contribution in [3.8, 4) is 11.1 Å². The number of ether oxygens (including phenoxy) is 1. The minimum atomic E-state index is -4.97. The van der Waals surface area contributed by atoms with E-state index in [9.17, 15) is 27.2 Å². The van der Waals surface area contributed by atoms with Crippen LogP contribution in [0.5, 0.6) is 0 Å². The molecule has 2 fully saturated rings. The van der Waals surface area contributed by atoms with Crippen LogP contribution in [0.15, 0.2) is 27.9 Å². The lowest BCUT2D eigenvalue weighted by Gasteiger charge is -2.45. The fourth-order valence-electron chi connectivity index (χ4n) is 6.60. The SMILES string of the molecule is CC1CN(c2nc(=O)n3c4c(c(-c5cc(Cl)c(F)cc5F)c(C(F)(F)F)cc24)SCC2(CNC2)C3)CC(C)N1C(=O)OC(C)(C)C. The van der Waals surface area contributed by atoms with E-state index in [2.05, 4.69) is 10.3 Å². The minimum absolute atomic E-state index is 0.0398. The highest BCUT2D eigenvalue weighted by molar-refractivity contribution is 7.99. The van der Waals surface area contributed by atoms with Crippen LogP contribution in [0, 0.1) is 17.0 Å². The maximum absolute atomic E-state index is 15.4. The second-order valence-corrected chi connectivity index (χ2v) is 14.8. The number of benzene rings is 2. The first-order valence-electron chi connectivity index (χ1n) is 14.8. The molecule has 15 heteroatoms. The third kappa shape index (κ3) is 5.70. The summed E-state index contributed by atoms with van der Waals surface area (Å²) in [6.07, 6.45) is -5.49. The van der Waals surface area contributed by atoms with Crippen molar-refractivity contribution in [3.05, 3.63) is 50.9 Å². The topological polar surface area (TPSA) is 79.7 Å². The molecular formula is C31H33ClF5N5O3S. The van der Waals surface area contributed by atoms with E-state index >= 15 is 4.39 Å². The number of anilines is 1. The maximum Gasteiger partial charge on any atom is 0.417 e. The third-order valence-electron chi connectivity index (χ3n) is 8.62. The molecule has 248 valence electrons. The highest BCUT2D eigenvalue weighted by Crippen LogP contribution is 2.51. The van der Waals surface area contributed by atoms with Gasteiger partial charge in [-0.2, -0.15) is 18.2 Å². The molecule has 3 aromatic rings. The van der Waals surface area contributed by atoms with E-state index in [1.807, 2.05) is 0 Å². The van der Waals surface area contributed by atoms with Crippen molar-refractivity contribution < 1.29 is 31.5 Å². The summed E-state index contributed by atoms with van der Waals surface area (Å²) in [5.74, 6) is -1.93. The minimum Gasteiger partial charge on any atom is -0.444 e. The first kappa shape index (κ1) is 32.8. The van der Waals surface area contributed by atoms with Crippen molar-refractivity contribution >= 4 is 46.2 Å². The number of rotatable bonds is 2. The van der Waals surface area contributed by atoms with Crippen LogP contribution >= 0.6 is 23.4 Å². The van der Waals surface area contributed by atoms with Crippen molar-refractivity contribution in [1.29, 1.82) is 0 Å². The van der Waals surface area contributed by atoms with Crippen LogP contribution in [0.2, 0.25) is 5.02 Å². The predicted molar refractivity (Wildman–Crippen MR) is 167 cm³/mol. The van der Waals surface area contributed by atoms with Gasteiger partial charge in [0.25, 0.3) is 0 Å². The van der Waals surface area contributed by atoms with Crippen LogP contribution in [0.4, 0.5) is 32.6 Å². The van der Waals surface area contributed by atoms with Crippen LogP contribution in [-0.4, -0.2) is 70.2 Å². The Morgan fingerprint density at radius 2 is 1.74 bits per heavy atom. The van der Waals surface area contributed by atoms with Crippen LogP contribution in [0.25, 0.3) is 22.0 Å². The lowest BCUT2D eigenvalue weighted by molar-refractivity contribution is -0.137. The Bertz CT molecular complexity index is 1790. The maximum atomic E-state index is 15.4. The lowest BCUT2D eigenvalue weighted by atomic mass is 9.83. The van der Waals surface area contributed by atoms with Gasteiger partial charge in [-0.25, -0.2) is 18.4 Å². The number of halogens is 6. The summed E-state index contributed by atoms with van der Waals surface area (Å²) in [4.78, 5) is 34.6. The van der Waals surface area contributed by atoms with Gasteiger partial charge in [-0.3, -0.25) is 9.47 Å². The van der Waals surface area contributed by atoms with Gasteiger partial charge in [0.1, 0.15) is 23.1 Å². The summed E-state index contributed by atoms with van der Waals surface area (Å²) in [5.41, 5.74) is -3.82. The fraction of sp³-hybridized carbons (Fsp3) is 0.516. The molecule has 2 saturated heterocycles. The molecule has 2 aromatic carbocycles. The summed E-state index contributed by atoms with van der Waals surface area (Å²) < 4.78 is 81.5. The van der Waals surface area contributed by atoms with Gasteiger partial charge in [0.2, 0.25) is 0 Å². The molecular weight excluding hydrogens is 653 g/mol. The Morgan fingerprint density at radius 3 is 2.30 bits per heavy atom. The molecule has 1 spiro atoms. The Kier molecular flexibility index (Phi) is 8.03. The van der Waals surface area contributed by atoms with Crippen molar-refractivity contribution in [2.75, 3.05) is 36.8 Å². The molecule has 1 aromatic heterocycles. The van der Waals surface area contributed by atoms with E-state index in [4.69, 9.17) is 16.3 Å². The number of hydrogen-bond donors (Lipinski definition) is 1. The van der Waals surface area contributed by atoms with Gasteiger partial charge < -0.3 is 15.0 Å². The number of nitrogens with zero attached hydrogens (tertiary/aromatic N) is 4. The number of piperazine rings is 1. The quantitative estimate of drug-likeness (QED) is 0.242. The van der Waals surface area contributed by atoms with E-state index < -0.39 is 74.4 Å². The summed E-state index contributed by atoms with van der Waals surface area (Å²) in [7, 11) is 0. The Hall–Kier alpha value is -3.10. The van der Waals surface area contributed by atoms with E-state index in [-0.39, 0.29) is 41.3 Å². The third-order valence-corrected chi connectivity index (χ3v) is 10.4. The van der Waals surface area contributed by atoms with E-state index in [0.717, 1.165) is 23.9 Å². The summed E-state index contributed by atoms with van der Waals surface area (Å²) in [6, 6.07) is 1.34. The van der Waals surface area contributed by atoms with E-state index in [1.165, 1.54) is 4.57 Å². The molecule has 3 aliphatic rings. The molecule has 8 nitrogen and oxygen atoms in total. The van der Waals surface area contributed by atoms with Gasteiger partial charge in [0.05, 0.1) is 28.2 Å². The van der Waals surface area contributed by atoms with Crippen LogP contribution in [0.1, 0.15) is 40.2 Å². The van der Waals surface area contributed by atoms with Crippen molar-refractivity contribution in [2.45, 2.75) is 69.9 Å². The van der Waals surface area contributed by atoms with Gasteiger partial charge >= 0.3 is 18.0 Å². The average Bonchev–Trinajstić information content (AvgIpc) is 3.09. The monoisotopic (exact) mass is 685 g/mol. The number of aromatic nitrogens is 2. The zero-order valence-corrected chi connectivity index (χ0v) is 27.4. The molecule has 46 heavy (non-hydrogen) atoms. The first-order chi connectivity index (χ1) is 21.4. The zero-order valence-electron chi connectivity index (χ0n) is 25.8. The summed E-state index contributed by atoms with van der Waals surface area (Å²) in [5, 5.41) is 2.72. The number of nitrogens with one attached hydrogen (secondary N) is 1. The van der Waals surface area contributed by atoms with E-state index in [1.54, 1.807) is 44.4 Å². The first-order valence-corrected chi connectivity index (χ1v) is 16.2. The van der Waals surface area contributed by atoms with Gasteiger partial charge in [-0.15, -0.1) is 11.8 Å². The molecule has 2 unspecified atom stereocenters. The zero-order chi connectivity index (χ0) is 33.5. The number of hydrogen-bond acceptors (Lipinski definition) is 7. The highest BCUT2D eigenvalue weighted by atomic mass is 35.5. The van der Waals surface area contributed by atoms with Gasteiger partial charge in [0, 0.05) is 71.4 Å². The largest absolute Gasteiger partial charge is 0.444 e. The molecule has 0 saturated carbocycles. The Balaban J connectivity index is 1.59. The van der Waals surface area contributed by atoms with Crippen LogP contribution in [0.3, 0.4) is 0 Å². The summed E-state index contributed by atoms with van der Waals surface area (Å²) in [6.45, 7) is 10.4. The molecule has 0 aliphatic carbocycles. The molecule has 2 atom stereocenters. The number of alkyl halides is 3. The van der Waals surface area contributed by atoms with E-state index in [0.29, 0.717) is 24.9 Å². The van der Waals surface area contributed by atoms with Gasteiger partial charge in [0.15, 0.2) is 0 Å². The predicted octanol–water partition coefficient (Wildman–Crippen LogP) is 6.54. The number of carbonyl (C=O) groups excluding carboxylic acids is 1. The highest BCUT2D eigenvalue weighted by Gasteiger charge is 2.44. The lowest BCUT2D eigenvalue weighted by Crippen LogP contribution is -2.60. The molecule has 1 amide bonds. The second kappa shape index (κ2) is 11.3. The molecule has 1 N–H and O–H groups in total. The smallest absolute Gasteiger partial charge is 0.417 e. The average molecular weight is 686 g/mol. The van der Waals surface area contributed by atoms with Gasteiger partial charge in [-0.1, -0.05) is 11.6 Å². The van der Waals surface area contributed by atoms with Gasteiger partial charge in [-0.05, 0) is 46.8 Å². The fourth-order valence-corrected chi connectivity index (χ4v) is 8.23. The van der Waals surface area contributed by atoms with Crippen LogP contribution in [-0.2, 0) is 17.5 Å². The van der Waals surface area contributed by atoms with Crippen molar-refractivity contribution in [1.82, 2.24) is 19.8 Å². The Morgan fingerprint density at radius 1 is 1.09 bits per heavy atom. The molecule has 4 heterocycles. The molecule has 0 bridgehead atoms. The van der Waals surface area contributed by atoms with Crippen molar-refractivity contribution in [3.63, 3.8) is 0 Å². The number of carbonyl (C=O) groups is 1. The number of thioether (sulfide) groups is 1. The molecule has 0 radical (unpaired) electrons.